The topological polar surface area (TPSA) is 85.4 Å². The van der Waals surface area contributed by atoms with E-state index in [1.54, 1.807) is 6.20 Å². The molecule has 7 nitrogen and oxygen atoms in total. The monoisotopic (exact) mass is 376 g/mol. The van der Waals surface area contributed by atoms with Gasteiger partial charge in [0.25, 0.3) is 5.91 Å². The summed E-state index contributed by atoms with van der Waals surface area (Å²) in [7, 11) is 0. The van der Waals surface area contributed by atoms with Gasteiger partial charge in [-0.15, -0.1) is 0 Å². The molecule has 1 amide bonds. The van der Waals surface area contributed by atoms with E-state index in [9.17, 15) is 4.79 Å². The number of carbonyl (C=O) groups excluding carboxylic acids is 1. The Bertz CT molecular complexity index is 998. The van der Waals surface area contributed by atoms with Crippen LogP contribution in [0.5, 0.6) is 11.5 Å². The Morgan fingerprint density at radius 3 is 2.54 bits per heavy atom. The number of aromatic nitrogens is 2. The second-order valence-electron chi connectivity index (χ2n) is 6.66. The van der Waals surface area contributed by atoms with Crippen LogP contribution in [0.2, 0.25) is 0 Å². The lowest BCUT2D eigenvalue weighted by atomic mass is 10.1. The van der Waals surface area contributed by atoms with Gasteiger partial charge in [-0.3, -0.25) is 4.79 Å². The van der Waals surface area contributed by atoms with Crippen molar-refractivity contribution < 1.29 is 14.3 Å². The minimum absolute atomic E-state index is 0.225. The van der Waals surface area contributed by atoms with Gasteiger partial charge in [0.15, 0.2) is 11.5 Å². The van der Waals surface area contributed by atoms with Crippen molar-refractivity contribution in [3.05, 3.63) is 71.2 Å². The van der Waals surface area contributed by atoms with E-state index in [1.165, 1.54) is 6.20 Å². The lowest BCUT2D eigenvalue weighted by Crippen LogP contribution is -2.24. The molecule has 0 unspecified atom stereocenters. The van der Waals surface area contributed by atoms with Crippen molar-refractivity contribution in [2.24, 2.45) is 0 Å². The molecule has 2 N–H and O–H groups in total. The third-order valence-corrected chi connectivity index (χ3v) is 4.27. The summed E-state index contributed by atoms with van der Waals surface area (Å²) in [6, 6.07) is 11.7. The highest BCUT2D eigenvalue weighted by Gasteiger charge is 2.14. The van der Waals surface area contributed by atoms with Crippen LogP contribution in [0.1, 0.15) is 27.2 Å². The lowest BCUT2D eigenvalue weighted by molar-refractivity contribution is 0.0945. The molecule has 142 valence electrons. The van der Waals surface area contributed by atoms with Gasteiger partial charge in [-0.1, -0.05) is 12.1 Å². The Balaban J connectivity index is 1.37. The number of amides is 1. The molecule has 4 rings (SSSR count). The van der Waals surface area contributed by atoms with E-state index in [-0.39, 0.29) is 18.4 Å². The molecule has 2 heterocycles. The van der Waals surface area contributed by atoms with Crippen LogP contribution in [0.15, 0.2) is 48.8 Å². The van der Waals surface area contributed by atoms with Gasteiger partial charge in [0.1, 0.15) is 11.5 Å². The third kappa shape index (κ3) is 4.03. The van der Waals surface area contributed by atoms with Crippen molar-refractivity contribution in [1.29, 1.82) is 0 Å². The number of rotatable bonds is 5. The summed E-state index contributed by atoms with van der Waals surface area (Å²) in [6.07, 6.45) is 3.01. The second-order valence-corrected chi connectivity index (χ2v) is 6.66. The average Bonchev–Trinajstić information content (AvgIpc) is 3.14. The predicted octanol–water partition coefficient (Wildman–Crippen LogP) is 3.50. The Hall–Kier alpha value is -3.61. The van der Waals surface area contributed by atoms with Gasteiger partial charge in [0.05, 0.1) is 12.4 Å². The van der Waals surface area contributed by atoms with Gasteiger partial charge in [0.2, 0.25) is 6.79 Å². The van der Waals surface area contributed by atoms with E-state index in [2.05, 4.69) is 26.7 Å². The molecule has 3 aromatic rings. The molecule has 0 radical (unpaired) electrons. The van der Waals surface area contributed by atoms with Gasteiger partial charge in [0, 0.05) is 12.2 Å². The van der Waals surface area contributed by atoms with Crippen molar-refractivity contribution in [1.82, 2.24) is 15.3 Å². The van der Waals surface area contributed by atoms with Crippen molar-refractivity contribution in [3.63, 3.8) is 0 Å². The minimum atomic E-state index is -0.289. The largest absolute Gasteiger partial charge is 0.454 e. The standard InChI is InChI=1S/C21H20N4O3/c1-13-5-14(2)7-16(6-13)25-20-11-22-17(10-23-20)21(26)24-9-15-3-4-18-19(8-15)28-12-27-18/h3-8,10-11H,9,12H2,1-2H3,(H,23,25)(H,24,26). The highest BCUT2D eigenvalue weighted by molar-refractivity contribution is 5.92. The van der Waals surface area contributed by atoms with Crippen molar-refractivity contribution >= 4 is 17.4 Å². The highest BCUT2D eigenvalue weighted by atomic mass is 16.7. The summed E-state index contributed by atoms with van der Waals surface area (Å²) < 4.78 is 10.6. The van der Waals surface area contributed by atoms with Crippen LogP contribution in [0.25, 0.3) is 0 Å². The number of anilines is 2. The Kier molecular flexibility index (Phi) is 4.80. The molecule has 1 aliphatic rings. The Morgan fingerprint density at radius 2 is 1.79 bits per heavy atom. The third-order valence-electron chi connectivity index (χ3n) is 4.27. The molecule has 1 aliphatic heterocycles. The van der Waals surface area contributed by atoms with Crippen LogP contribution in [0, 0.1) is 13.8 Å². The number of hydrogen-bond donors (Lipinski definition) is 2. The average molecular weight is 376 g/mol. The minimum Gasteiger partial charge on any atom is -0.454 e. The van der Waals surface area contributed by atoms with Crippen LogP contribution in [0.4, 0.5) is 11.5 Å². The first-order chi connectivity index (χ1) is 13.6. The molecule has 0 bridgehead atoms. The van der Waals surface area contributed by atoms with Crippen LogP contribution >= 0.6 is 0 Å². The zero-order chi connectivity index (χ0) is 19.5. The first kappa shape index (κ1) is 17.8. The summed E-state index contributed by atoms with van der Waals surface area (Å²) in [5.41, 5.74) is 4.43. The van der Waals surface area contributed by atoms with E-state index in [0.29, 0.717) is 23.9 Å². The molecule has 0 spiro atoms. The van der Waals surface area contributed by atoms with Crippen LogP contribution in [-0.4, -0.2) is 22.7 Å². The van der Waals surface area contributed by atoms with Crippen LogP contribution in [-0.2, 0) is 6.54 Å². The number of nitrogens with zero attached hydrogens (tertiary/aromatic N) is 2. The van der Waals surface area contributed by atoms with E-state index < -0.39 is 0 Å². The van der Waals surface area contributed by atoms with Crippen molar-refractivity contribution in [2.75, 3.05) is 12.1 Å². The number of hydrogen-bond acceptors (Lipinski definition) is 6. The fraction of sp³-hybridized carbons (Fsp3) is 0.190. The smallest absolute Gasteiger partial charge is 0.271 e. The molecular formula is C21H20N4O3. The summed E-state index contributed by atoms with van der Waals surface area (Å²) in [4.78, 5) is 20.8. The van der Waals surface area contributed by atoms with Crippen molar-refractivity contribution in [3.8, 4) is 11.5 Å². The van der Waals surface area contributed by atoms with Gasteiger partial charge >= 0.3 is 0 Å². The molecule has 0 saturated heterocycles. The summed E-state index contributed by atoms with van der Waals surface area (Å²) in [5, 5.41) is 6.03. The summed E-state index contributed by atoms with van der Waals surface area (Å²) in [5.74, 6) is 1.70. The van der Waals surface area contributed by atoms with E-state index in [4.69, 9.17) is 9.47 Å². The Morgan fingerprint density at radius 1 is 1.00 bits per heavy atom. The maximum absolute atomic E-state index is 12.3. The maximum Gasteiger partial charge on any atom is 0.271 e. The molecule has 2 aromatic carbocycles. The predicted molar refractivity (Wildman–Crippen MR) is 105 cm³/mol. The SMILES string of the molecule is Cc1cc(C)cc(Nc2cnc(C(=O)NCc3ccc4c(c3)OCO4)cn2)c1. The van der Waals surface area contributed by atoms with Crippen LogP contribution in [0.3, 0.4) is 0 Å². The second kappa shape index (κ2) is 7.56. The summed E-state index contributed by atoms with van der Waals surface area (Å²) >= 11 is 0. The first-order valence-electron chi connectivity index (χ1n) is 8.91. The van der Waals surface area contributed by atoms with E-state index in [1.807, 2.05) is 44.2 Å². The fourth-order valence-electron chi connectivity index (χ4n) is 3.03. The molecule has 0 aliphatic carbocycles. The normalized spacial score (nSPS) is 11.9. The number of ether oxygens (including phenoxy) is 2. The zero-order valence-corrected chi connectivity index (χ0v) is 15.7. The molecule has 28 heavy (non-hydrogen) atoms. The van der Waals surface area contributed by atoms with E-state index >= 15 is 0 Å². The van der Waals surface area contributed by atoms with E-state index in [0.717, 1.165) is 22.4 Å². The molecule has 0 atom stereocenters. The molecule has 0 saturated carbocycles. The van der Waals surface area contributed by atoms with Gasteiger partial charge in [-0.05, 0) is 54.8 Å². The lowest BCUT2D eigenvalue weighted by Gasteiger charge is -2.09. The number of nitrogens with one attached hydrogen (secondary N) is 2. The first-order valence-corrected chi connectivity index (χ1v) is 8.91. The number of benzene rings is 2. The number of fused-ring (bicyclic) bond motifs is 1. The van der Waals surface area contributed by atoms with Gasteiger partial charge in [-0.2, -0.15) is 0 Å². The fourth-order valence-corrected chi connectivity index (χ4v) is 3.03. The Labute approximate surface area is 162 Å². The molecule has 7 heteroatoms. The molecule has 1 aromatic heterocycles. The van der Waals surface area contributed by atoms with Crippen LogP contribution < -0.4 is 20.1 Å². The molecular weight excluding hydrogens is 356 g/mol. The molecule has 0 fully saturated rings. The maximum atomic E-state index is 12.3. The quantitative estimate of drug-likeness (QED) is 0.709. The number of aryl methyl sites for hydroxylation is 2. The zero-order valence-electron chi connectivity index (χ0n) is 15.7. The highest BCUT2D eigenvalue weighted by Crippen LogP contribution is 2.32. The number of carbonyl (C=O) groups is 1. The summed E-state index contributed by atoms with van der Waals surface area (Å²) in [6.45, 7) is 4.66. The van der Waals surface area contributed by atoms with Gasteiger partial charge in [-0.25, -0.2) is 9.97 Å². The van der Waals surface area contributed by atoms with Gasteiger partial charge < -0.3 is 20.1 Å². The van der Waals surface area contributed by atoms with Crippen molar-refractivity contribution in [2.45, 2.75) is 20.4 Å².